The van der Waals surface area contributed by atoms with E-state index in [-0.39, 0.29) is 17.3 Å². The molecule has 0 aliphatic heterocycles. The first-order valence-corrected chi connectivity index (χ1v) is 7.39. The molecule has 1 aromatic rings. The predicted molar refractivity (Wildman–Crippen MR) is 80.5 cm³/mol. The minimum atomic E-state index is -3.51. The van der Waals surface area contributed by atoms with E-state index in [4.69, 9.17) is 9.47 Å². The second-order valence-electron chi connectivity index (χ2n) is 3.87. The Hall–Kier alpha value is -1.02. The van der Waals surface area contributed by atoms with Crippen LogP contribution in [0.2, 0.25) is 0 Å². The molecule has 0 fully saturated rings. The lowest BCUT2D eigenvalue weighted by Gasteiger charge is -2.11. The highest BCUT2D eigenvalue weighted by molar-refractivity contribution is 7.89. The molecule has 0 aromatic heterocycles. The summed E-state index contributed by atoms with van der Waals surface area (Å²) in [5.74, 6) is 0.886. The maximum absolute atomic E-state index is 12.0. The van der Waals surface area contributed by atoms with Gasteiger partial charge >= 0.3 is 0 Å². The van der Waals surface area contributed by atoms with Crippen LogP contribution in [0.3, 0.4) is 0 Å². The molecular weight excluding hydrogens is 304 g/mol. The molecule has 0 atom stereocenters. The first-order chi connectivity index (χ1) is 9.05. The maximum atomic E-state index is 12.0. The molecule has 0 heterocycles. The van der Waals surface area contributed by atoms with Gasteiger partial charge in [0.2, 0.25) is 10.0 Å². The Labute approximate surface area is 126 Å². The van der Waals surface area contributed by atoms with Crippen molar-refractivity contribution in [3.63, 3.8) is 0 Å². The van der Waals surface area contributed by atoms with Gasteiger partial charge in [0.05, 0.1) is 19.1 Å². The molecule has 0 amide bonds. The third-order valence-electron chi connectivity index (χ3n) is 2.56. The van der Waals surface area contributed by atoms with Gasteiger partial charge in [0, 0.05) is 12.6 Å². The predicted octanol–water partition coefficient (Wildman–Crippen LogP) is 1.01. The highest BCUT2D eigenvalue weighted by Gasteiger charge is 2.16. The minimum absolute atomic E-state index is 0. The first kappa shape index (κ1) is 19.0. The molecule has 6 nitrogen and oxygen atoms in total. The molecule has 20 heavy (non-hydrogen) atoms. The third kappa shape index (κ3) is 5.16. The van der Waals surface area contributed by atoms with Crippen molar-refractivity contribution >= 4 is 22.4 Å². The molecule has 1 aromatic carbocycles. The molecule has 0 saturated carbocycles. The summed E-state index contributed by atoms with van der Waals surface area (Å²) in [6, 6.07) is 4.50. The van der Waals surface area contributed by atoms with Crippen LogP contribution >= 0.6 is 12.4 Å². The van der Waals surface area contributed by atoms with Crippen LogP contribution in [0.5, 0.6) is 11.5 Å². The van der Waals surface area contributed by atoms with E-state index in [0.717, 1.165) is 13.0 Å². The zero-order valence-electron chi connectivity index (χ0n) is 11.8. The Kier molecular flexibility index (Phi) is 8.56. The third-order valence-corrected chi connectivity index (χ3v) is 4.02. The fourth-order valence-electron chi connectivity index (χ4n) is 1.54. The second kappa shape index (κ2) is 9.02. The Morgan fingerprint density at radius 1 is 1.10 bits per heavy atom. The summed E-state index contributed by atoms with van der Waals surface area (Å²) in [6.45, 7) is 1.14. The summed E-state index contributed by atoms with van der Waals surface area (Å²) in [4.78, 5) is 0.162. The van der Waals surface area contributed by atoms with Gasteiger partial charge in [-0.05, 0) is 32.1 Å². The smallest absolute Gasteiger partial charge is 0.240 e. The van der Waals surface area contributed by atoms with Gasteiger partial charge in [0.15, 0.2) is 11.5 Å². The zero-order chi connectivity index (χ0) is 14.3. The number of hydrogen-bond donors (Lipinski definition) is 2. The molecular formula is C12H21ClN2O4S. The van der Waals surface area contributed by atoms with Crippen LogP contribution in [0.25, 0.3) is 0 Å². The number of rotatable bonds is 8. The van der Waals surface area contributed by atoms with Crippen LogP contribution in [-0.4, -0.2) is 42.8 Å². The van der Waals surface area contributed by atoms with Gasteiger partial charge in [-0.15, -0.1) is 12.4 Å². The summed E-state index contributed by atoms with van der Waals surface area (Å²) in [5.41, 5.74) is 0. The van der Waals surface area contributed by atoms with Crippen LogP contribution in [0.1, 0.15) is 6.42 Å². The molecule has 0 spiro atoms. The average molecular weight is 325 g/mol. The van der Waals surface area contributed by atoms with E-state index in [0.29, 0.717) is 18.0 Å². The second-order valence-corrected chi connectivity index (χ2v) is 5.64. The number of methoxy groups -OCH3 is 2. The number of hydrogen-bond acceptors (Lipinski definition) is 5. The van der Waals surface area contributed by atoms with Crippen LogP contribution < -0.4 is 19.5 Å². The minimum Gasteiger partial charge on any atom is -0.493 e. The quantitative estimate of drug-likeness (QED) is 0.698. The molecule has 116 valence electrons. The summed E-state index contributed by atoms with van der Waals surface area (Å²) in [5, 5.41) is 2.96. The maximum Gasteiger partial charge on any atom is 0.240 e. The lowest BCUT2D eigenvalue weighted by atomic mass is 10.3. The number of benzene rings is 1. The van der Waals surface area contributed by atoms with E-state index in [2.05, 4.69) is 10.0 Å². The fourth-order valence-corrected chi connectivity index (χ4v) is 2.63. The molecule has 1 rings (SSSR count). The van der Waals surface area contributed by atoms with Crippen LogP contribution in [0.4, 0.5) is 0 Å². The van der Waals surface area contributed by atoms with Crippen molar-refractivity contribution in [2.75, 3.05) is 34.4 Å². The lowest BCUT2D eigenvalue weighted by molar-refractivity contribution is 0.354. The van der Waals surface area contributed by atoms with E-state index in [1.54, 1.807) is 6.07 Å². The normalized spacial score (nSPS) is 10.8. The Morgan fingerprint density at radius 3 is 2.30 bits per heavy atom. The van der Waals surface area contributed by atoms with Crippen LogP contribution in [0.15, 0.2) is 23.1 Å². The number of ether oxygens (including phenoxy) is 2. The topological polar surface area (TPSA) is 76.7 Å². The molecule has 2 N–H and O–H groups in total. The molecule has 8 heteroatoms. The van der Waals surface area contributed by atoms with Gasteiger partial charge in [-0.2, -0.15) is 0 Å². The molecule has 0 unspecified atom stereocenters. The summed E-state index contributed by atoms with van der Waals surface area (Å²) < 4.78 is 36.8. The van der Waals surface area contributed by atoms with E-state index in [9.17, 15) is 8.42 Å². The van der Waals surface area contributed by atoms with E-state index in [1.807, 2.05) is 7.05 Å². The summed E-state index contributed by atoms with van der Waals surface area (Å²) >= 11 is 0. The van der Waals surface area contributed by atoms with Crippen molar-refractivity contribution in [2.45, 2.75) is 11.3 Å². The molecule has 0 saturated heterocycles. The monoisotopic (exact) mass is 324 g/mol. The van der Waals surface area contributed by atoms with Crippen molar-refractivity contribution in [3.8, 4) is 11.5 Å². The van der Waals surface area contributed by atoms with Gasteiger partial charge in [-0.1, -0.05) is 0 Å². The molecule has 0 aliphatic rings. The van der Waals surface area contributed by atoms with Crippen molar-refractivity contribution in [3.05, 3.63) is 18.2 Å². The standard InChI is InChI=1S/C12H20N2O4S.ClH/c1-13-7-4-8-14-19(15,16)10-5-6-11(17-2)12(9-10)18-3;/h5-6,9,13-14H,4,7-8H2,1-3H3;1H. The van der Waals surface area contributed by atoms with Gasteiger partial charge in [0.25, 0.3) is 0 Å². The van der Waals surface area contributed by atoms with Crippen molar-refractivity contribution < 1.29 is 17.9 Å². The van der Waals surface area contributed by atoms with Crippen LogP contribution in [-0.2, 0) is 10.0 Å². The molecule has 0 aliphatic carbocycles. The first-order valence-electron chi connectivity index (χ1n) is 5.91. The number of halogens is 1. The average Bonchev–Trinajstić information content (AvgIpc) is 2.42. The Bertz CT molecular complexity index is 508. The van der Waals surface area contributed by atoms with Crippen molar-refractivity contribution in [1.82, 2.24) is 10.0 Å². The zero-order valence-corrected chi connectivity index (χ0v) is 13.4. The van der Waals surface area contributed by atoms with E-state index in [1.165, 1.54) is 26.4 Å². The summed E-state index contributed by atoms with van der Waals surface area (Å²) in [7, 11) is 1.28. The molecule has 0 bridgehead atoms. The van der Waals surface area contributed by atoms with Gasteiger partial charge < -0.3 is 14.8 Å². The Balaban J connectivity index is 0.00000361. The van der Waals surface area contributed by atoms with Crippen LogP contribution in [0, 0.1) is 0 Å². The van der Waals surface area contributed by atoms with Crippen molar-refractivity contribution in [1.29, 1.82) is 0 Å². The summed E-state index contributed by atoms with van der Waals surface area (Å²) in [6.07, 6.45) is 0.725. The van der Waals surface area contributed by atoms with Crippen molar-refractivity contribution in [2.24, 2.45) is 0 Å². The van der Waals surface area contributed by atoms with Gasteiger partial charge in [-0.3, -0.25) is 0 Å². The van der Waals surface area contributed by atoms with Gasteiger partial charge in [-0.25, -0.2) is 13.1 Å². The molecule has 0 radical (unpaired) electrons. The lowest BCUT2D eigenvalue weighted by Crippen LogP contribution is -2.26. The SMILES string of the molecule is CNCCCNS(=O)(=O)c1ccc(OC)c(OC)c1.Cl. The van der Waals surface area contributed by atoms with E-state index < -0.39 is 10.0 Å². The largest absolute Gasteiger partial charge is 0.493 e. The fraction of sp³-hybridized carbons (Fsp3) is 0.500. The van der Waals surface area contributed by atoms with E-state index >= 15 is 0 Å². The Morgan fingerprint density at radius 2 is 1.75 bits per heavy atom. The highest BCUT2D eigenvalue weighted by atomic mass is 35.5. The van der Waals surface area contributed by atoms with Gasteiger partial charge in [0.1, 0.15) is 0 Å². The number of nitrogens with one attached hydrogen (secondary N) is 2. The highest BCUT2D eigenvalue weighted by Crippen LogP contribution is 2.29. The number of sulfonamides is 1.